The SMILES string of the molecule is NCCCC=CCCC=CCCCN. The monoisotopic (exact) mass is 196 g/mol. The van der Waals surface area contributed by atoms with E-state index in [0.29, 0.717) is 0 Å². The van der Waals surface area contributed by atoms with Crippen LogP contribution in [-0.2, 0) is 0 Å². The van der Waals surface area contributed by atoms with Crippen molar-refractivity contribution in [2.45, 2.75) is 38.5 Å². The molecule has 0 aliphatic carbocycles. The van der Waals surface area contributed by atoms with Crippen molar-refractivity contribution in [3.8, 4) is 0 Å². The molecule has 0 bridgehead atoms. The summed E-state index contributed by atoms with van der Waals surface area (Å²) in [6.07, 6.45) is 15.6. The first-order valence-electron chi connectivity index (χ1n) is 5.62. The molecule has 0 heterocycles. The molecule has 0 rings (SSSR count). The normalized spacial score (nSPS) is 11.9. The fourth-order valence-electron chi connectivity index (χ4n) is 1.14. The Morgan fingerprint density at radius 1 is 0.571 bits per heavy atom. The number of hydrogen-bond donors (Lipinski definition) is 2. The van der Waals surface area contributed by atoms with Crippen LogP contribution in [0.3, 0.4) is 0 Å². The Morgan fingerprint density at radius 3 is 1.29 bits per heavy atom. The highest BCUT2D eigenvalue weighted by atomic mass is 14.5. The maximum absolute atomic E-state index is 5.38. The molecular formula is C12H24N2. The molecule has 0 saturated heterocycles. The van der Waals surface area contributed by atoms with Crippen molar-refractivity contribution in [2.75, 3.05) is 13.1 Å². The molecule has 4 N–H and O–H groups in total. The lowest BCUT2D eigenvalue weighted by Crippen LogP contribution is -1.96. The standard InChI is InChI=1S/C12H24N2/c13-11-9-7-5-3-1-2-4-6-8-10-12-14/h3-6H,1-2,7-14H2. The highest BCUT2D eigenvalue weighted by molar-refractivity contribution is 4.88. The molecule has 0 aromatic rings. The Bertz CT molecular complexity index is 132. The first kappa shape index (κ1) is 13.4. The zero-order chi connectivity index (χ0) is 10.5. The Morgan fingerprint density at radius 2 is 0.929 bits per heavy atom. The van der Waals surface area contributed by atoms with Gasteiger partial charge < -0.3 is 11.5 Å². The van der Waals surface area contributed by atoms with E-state index in [1.54, 1.807) is 0 Å². The smallest absolute Gasteiger partial charge is 0.00743 e. The second kappa shape index (κ2) is 12.4. The van der Waals surface area contributed by atoms with Crippen LogP contribution in [0.5, 0.6) is 0 Å². The van der Waals surface area contributed by atoms with Crippen molar-refractivity contribution in [2.24, 2.45) is 11.5 Å². The minimum Gasteiger partial charge on any atom is -0.330 e. The maximum atomic E-state index is 5.38. The van der Waals surface area contributed by atoms with Gasteiger partial charge in [0.05, 0.1) is 0 Å². The molecule has 0 aliphatic rings. The molecule has 2 heteroatoms. The van der Waals surface area contributed by atoms with Gasteiger partial charge in [0.2, 0.25) is 0 Å². The van der Waals surface area contributed by atoms with Gasteiger partial charge >= 0.3 is 0 Å². The van der Waals surface area contributed by atoms with Crippen molar-refractivity contribution in [3.05, 3.63) is 24.3 Å². The summed E-state index contributed by atoms with van der Waals surface area (Å²) in [5.74, 6) is 0. The number of hydrogen-bond acceptors (Lipinski definition) is 2. The minimum absolute atomic E-state index is 0.795. The maximum Gasteiger partial charge on any atom is -0.00743 e. The fourth-order valence-corrected chi connectivity index (χ4v) is 1.14. The molecule has 2 nitrogen and oxygen atoms in total. The number of allylic oxidation sites excluding steroid dienone is 4. The van der Waals surface area contributed by atoms with E-state index in [-0.39, 0.29) is 0 Å². The van der Waals surface area contributed by atoms with Gasteiger partial charge in [0, 0.05) is 0 Å². The van der Waals surface area contributed by atoms with Crippen LogP contribution in [0.25, 0.3) is 0 Å². The average molecular weight is 196 g/mol. The Balaban J connectivity index is 3.11. The highest BCUT2D eigenvalue weighted by Gasteiger charge is 1.80. The van der Waals surface area contributed by atoms with Crippen LogP contribution in [0.2, 0.25) is 0 Å². The molecule has 0 atom stereocenters. The number of nitrogens with two attached hydrogens (primary N) is 2. The second-order valence-electron chi connectivity index (χ2n) is 3.38. The first-order chi connectivity index (χ1) is 6.91. The van der Waals surface area contributed by atoms with Gasteiger partial charge in [-0.2, -0.15) is 0 Å². The molecule has 82 valence electrons. The van der Waals surface area contributed by atoms with E-state index >= 15 is 0 Å². The first-order valence-corrected chi connectivity index (χ1v) is 5.62. The van der Waals surface area contributed by atoms with Crippen LogP contribution in [0.1, 0.15) is 38.5 Å². The van der Waals surface area contributed by atoms with Crippen molar-refractivity contribution in [1.29, 1.82) is 0 Å². The third kappa shape index (κ3) is 11.4. The molecule has 0 aromatic carbocycles. The molecule has 0 radical (unpaired) electrons. The molecule has 0 aliphatic heterocycles. The third-order valence-electron chi connectivity index (χ3n) is 1.98. The van der Waals surface area contributed by atoms with E-state index in [2.05, 4.69) is 24.3 Å². The Kier molecular flexibility index (Phi) is 11.9. The van der Waals surface area contributed by atoms with Crippen molar-refractivity contribution in [1.82, 2.24) is 0 Å². The Labute approximate surface area is 88.1 Å². The molecule has 0 spiro atoms. The summed E-state index contributed by atoms with van der Waals surface area (Å²) in [5, 5.41) is 0. The van der Waals surface area contributed by atoms with Crippen LogP contribution in [0, 0.1) is 0 Å². The number of unbranched alkanes of at least 4 members (excludes halogenated alkanes) is 3. The van der Waals surface area contributed by atoms with Gasteiger partial charge in [-0.1, -0.05) is 24.3 Å². The van der Waals surface area contributed by atoms with Crippen LogP contribution < -0.4 is 11.5 Å². The van der Waals surface area contributed by atoms with Gasteiger partial charge in [-0.05, 0) is 51.6 Å². The predicted molar refractivity (Wildman–Crippen MR) is 64.1 cm³/mol. The topological polar surface area (TPSA) is 52.0 Å². The minimum atomic E-state index is 0.795. The second-order valence-corrected chi connectivity index (χ2v) is 3.38. The zero-order valence-electron chi connectivity index (χ0n) is 9.12. The van der Waals surface area contributed by atoms with E-state index in [1.807, 2.05) is 0 Å². The van der Waals surface area contributed by atoms with Gasteiger partial charge in [0.25, 0.3) is 0 Å². The molecular weight excluding hydrogens is 172 g/mol. The van der Waals surface area contributed by atoms with Crippen LogP contribution >= 0.6 is 0 Å². The summed E-state index contributed by atoms with van der Waals surface area (Å²) in [4.78, 5) is 0. The summed E-state index contributed by atoms with van der Waals surface area (Å²) < 4.78 is 0. The molecule has 0 aromatic heterocycles. The fraction of sp³-hybridized carbons (Fsp3) is 0.667. The van der Waals surface area contributed by atoms with Gasteiger partial charge in [-0.25, -0.2) is 0 Å². The molecule has 0 saturated carbocycles. The predicted octanol–water partition coefficient (Wildman–Crippen LogP) is 2.36. The van der Waals surface area contributed by atoms with Crippen LogP contribution in [-0.4, -0.2) is 13.1 Å². The van der Waals surface area contributed by atoms with E-state index in [1.165, 1.54) is 0 Å². The van der Waals surface area contributed by atoms with Gasteiger partial charge in [-0.3, -0.25) is 0 Å². The van der Waals surface area contributed by atoms with Crippen LogP contribution in [0.4, 0.5) is 0 Å². The van der Waals surface area contributed by atoms with Crippen molar-refractivity contribution < 1.29 is 0 Å². The molecule has 0 amide bonds. The Hall–Kier alpha value is -0.600. The summed E-state index contributed by atoms with van der Waals surface area (Å²) in [7, 11) is 0. The lowest BCUT2D eigenvalue weighted by Gasteiger charge is -1.90. The highest BCUT2D eigenvalue weighted by Crippen LogP contribution is 1.97. The third-order valence-corrected chi connectivity index (χ3v) is 1.98. The number of rotatable bonds is 9. The quantitative estimate of drug-likeness (QED) is 0.439. The van der Waals surface area contributed by atoms with E-state index in [4.69, 9.17) is 11.5 Å². The summed E-state index contributed by atoms with van der Waals surface area (Å²) in [6.45, 7) is 1.59. The summed E-state index contributed by atoms with van der Waals surface area (Å²) in [6, 6.07) is 0. The lowest BCUT2D eigenvalue weighted by atomic mass is 10.2. The van der Waals surface area contributed by atoms with Crippen molar-refractivity contribution in [3.63, 3.8) is 0 Å². The molecule has 0 fully saturated rings. The van der Waals surface area contributed by atoms with Gasteiger partial charge in [-0.15, -0.1) is 0 Å². The summed E-state index contributed by atoms with van der Waals surface area (Å²) >= 11 is 0. The largest absolute Gasteiger partial charge is 0.330 e. The average Bonchev–Trinajstić information content (AvgIpc) is 2.21. The lowest BCUT2D eigenvalue weighted by molar-refractivity contribution is 0.846. The van der Waals surface area contributed by atoms with E-state index in [0.717, 1.165) is 51.6 Å². The molecule has 0 unspecified atom stereocenters. The van der Waals surface area contributed by atoms with Gasteiger partial charge in [0.15, 0.2) is 0 Å². The van der Waals surface area contributed by atoms with Crippen LogP contribution in [0.15, 0.2) is 24.3 Å². The van der Waals surface area contributed by atoms with E-state index < -0.39 is 0 Å². The van der Waals surface area contributed by atoms with Gasteiger partial charge in [0.1, 0.15) is 0 Å². The zero-order valence-corrected chi connectivity index (χ0v) is 9.12. The summed E-state index contributed by atoms with van der Waals surface area (Å²) in [5.41, 5.74) is 10.8. The molecule has 14 heavy (non-hydrogen) atoms. The van der Waals surface area contributed by atoms with Crippen molar-refractivity contribution >= 4 is 0 Å². The van der Waals surface area contributed by atoms with E-state index in [9.17, 15) is 0 Å².